The maximum Gasteiger partial charge on any atom is 0.203 e. The quantitative estimate of drug-likeness (QED) is 0.647. The minimum atomic E-state index is 0.0106. The molecule has 2 aromatic rings. The highest BCUT2D eigenvalue weighted by molar-refractivity contribution is 9.13. The number of ketones is 1. The van der Waals surface area contributed by atoms with E-state index >= 15 is 0 Å². The highest BCUT2D eigenvalue weighted by Crippen LogP contribution is 2.33. The Morgan fingerprint density at radius 1 is 1.19 bits per heavy atom. The lowest BCUT2D eigenvalue weighted by molar-refractivity contribution is 0.104. The molecular weight excluding hydrogens is 354 g/mol. The summed E-state index contributed by atoms with van der Waals surface area (Å²) in [4.78, 5) is 12.7. The zero-order chi connectivity index (χ0) is 11.7. The van der Waals surface area contributed by atoms with Crippen molar-refractivity contribution in [1.82, 2.24) is 0 Å². The molecule has 0 fully saturated rings. The Kier molecular flexibility index (Phi) is 3.47. The van der Waals surface area contributed by atoms with Crippen molar-refractivity contribution in [3.8, 4) is 0 Å². The van der Waals surface area contributed by atoms with E-state index in [2.05, 4.69) is 31.9 Å². The van der Waals surface area contributed by atoms with Crippen LogP contribution in [-0.4, -0.2) is 5.78 Å². The van der Waals surface area contributed by atoms with Crippen LogP contribution >= 0.6 is 43.2 Å². The van der Waals surface area contributed by atoms with Crippen molar-refractivity contribution in [3.05, 3.63) is 49.0 Å². The number of benzene rings is 1. The van der Waals surface area contributed by atoms with E-state index < -0.39 is 0 Å². The summed E-state index contributed by atoms with van der Waals surface area (Å²) in [5.41, 5.74) is 6.88. The van der Waals surface area contributed by atoms with E-state index in [4.69, 9.17) is 5.73 Å². The SMILES string of the molecule is Nc1ccc(C(=O)c2cc(Br)c(Br)s2)cc1. The Balaban J connectivity index is 2.35. The fourth-order valence-electron chi connectivity index (χ4n) is 1.24. The molecule has 0 spiro atoms. The number of carbonyl (C=O) groups is 1. The number of nitrogen functional groups attached to an aromatic ring is 1. The normalized spacial score (nSPS) is 10.4. The minimum absolute atomic E-state index is 0.0106. The van der Waals surface area contributed by atoms with Gasteiger partial charge in [-0.2, -0.15) is 0 Å². The molecule has 0 unspecified atom stereocenters. The Hall–Kier alpha value is -0.650. The summed E-state index contributed by atoms with van der Waals surface area (Å²) in [5, 5.41) is 0. The molecule has 0 atom stereocenters. The first-order chi connectivity index (χ1) is 7.58. The Morgan fingerprint density at radius 2 is 1.81 bits per heavy atom. The minimum Gasteiger partial charge on any atom is -0.399 e. The van der Waals surface area contributed by atoms with Crippen LogP contribution in [0.5, 0.6) is 0 Å². The van der Waals surface area contributed by atoms with Crippen molar-refractivity contribution in [1.29, 1.82) is 0 Å². The second-order valence-corrected chi connectivity index (χ2v) is 6.41. The summed E-state index contributed by atoms with van der Waals surface area (Å²) in [6.07, 6.45) is 0. The fraction of sp³-hybridized carbons (Fsp3) is 0. The van der Waals surface area contributed by atoms with Crippen LogP contribution in [-0.2, 0) is 0 Å². The summed E-state index contributed by atoms with van der Waals surface area (Å²) in [5.74, 6) is 0.0106. The van der Waals surface area contributed by atoms with Crippen LogP contribution in [0.2, 0.25) is 0 Å². The average molecular weight is 361 g/mol. The topological polar surface area (TPSA) is 43.1 Å². The van der Waals surface area contributed by atoms with Gasteiger partial charge in [-0.1, -0.05) is 0 Å². The number of anilines is 1. The monoisotopic (exact) mass is 359 g/mol. The molecule has 0 saturated carbocycles. The third-order valence-corrected chi connectivity index (χ3v) is 5.30. The second kappa shape index (κ2) is 4.69. The van der Waals surface area contributed by atoms with Gasteiger partial charge in [0.15, 0.2) is 0 Å². The van der Waals surface area contributed by atoms with E-state index in [-0.39, 0.29) is 5.78 Å². The third-order valence-electron chi connectivity index (χ3n) is 2.04. The van der Waals surface area contributed by atoms with Gasteiger partial charge in [-0.05, 0) is 62.2 Å². The highest BCUT2D eigenvalue weighted by Gasteiger charge is 2.13. The lowest BCUT2D eigenvalue weighted by Crippen LogP contribution is -1.98. The predicted octanol–water partition coefficient (Wildman–Crippen LogP) is 4.09. The number of hydrogen-bond acceptors (Lipinski definition) is 3. The molecule has 1 heterocycles. The summed E-state index contributed by atoms with van der Waals surface area (Å²) in [6.45, 7) is 0. The maximum atomic E-state index is 12.1. The fourth-order valence-corrected chi connectivity index (χ4v) is 3.23. The molecule has 0 aliphatic carbocycles. The molecule has 0 radical (unpaired) electrons. The van der Waals surface area contributed by atoms with Crippen LogP contribution in [0.1, 0.15) is 15.2 Å². The zero-order valence-electron chi connectivity index (χ0n) is 8.04. The van der Waals surface area contributed by atoms with Crippen molar-refractivity contribution in [2.45, 2.75) is 0 Å². The standard InChI is InChI=1S/C11H7Br2NOS/c12-8-5-9(16-11(8)13)10(15)6-1-3-7(14)4-2-6/h1-5H,14H2. The molecule has 0 aliphatic heterocycles. The molecule has 5 heteroatoms. The van der Waals surface area contributed by atoms with E-state index in [0.717, 1.165) is 8.26 Å². The first kappa shape index (κ1) is 11.8. The highest BCUT2D eigenvalue weighted by atomic mass is 79.9. The van der Waals surface area contributed by atoms with Gasteiger partial charge in [0.2, 0.25) is 5.78 Å². The largest absolute Gasteiger partial charge is 0.399 e. The van der Waals surface area contributed by atoms with Crippen LogP contribution in [0.25, 0.3) is 0 Å². The van der Waals surface area contributed by atoms with Crippen LogP contribution < -0.4 is 5.73 Å². The number of thiophene rings is 1. The average Bonchev–Trinajstić information content (AvgIpc) is 2.59. The molecule has 2 nitrogen and oxygen atoms in total. The molecule has 0 amide bonds. The number of carbonyl (C=O) groups excluding carboxylic acids is 1. The first-order valence-electron chi connectivity index (χ1n) is 4.43. The van der Waals surface area contributed by atoms with Crippen molar-refractivity contribution in [3.63, 3.8) is 0 Å². The molecule has 1 aromatic heterocycles. The predicted molar refractivity (Wildman–Crippen MR) is 74.0 cm³/mol. The van der Waals surface area contributed by atoms with Crippen LogP contribution in [0.15, 0.2) is 38.6 Å². The van der Waals surface area contributed by atoms with Crippen molar-refractivity contribution in [2.24, 2.45) is 0 Å². The molecular formula is C11H7Br2NOS. The second-order valence-electron chi connectivity index (χ2n) is 3.18. The van der Waals surface area contributed by atoms with Gasteiger partial charge in [-0.3, -0.25) is 4.79 Å². The lowest BCUT2D eigenvalue weighted by atomic mass is 10.1. The Bertz CT molecular complexity index is 514. The van der Waals surface area contributed by atoms with Gasteiger partial charge in [-0.25, -0.2) is 0 Å². The van der Waals surface area contributed by atoms with E-state index in [9.17, 15) is 4.79 Å². The van der Waals surface area contributed by atoms with Crippen LogP contribution in [0, 0.1) is 0 Å². The molecule has 82 valence electrons. The van der Waals surface area contributed by atoms with Crippen molar-refractivity contribution >= 4 is 54.7 Å². The van der Waals surface area contributed by atoms with Gasteiger partial charge >= 0.3 is 0 Å². The van der Waals surface area contributed by atoms with E-state index in [1.165, 1.54) is 11.3 Å². The summed E-state index contributed by atoms with van der Waals surface area (Å²) < 4.78 is 1.82. The molecule has 0 aliphatic rings. The third kappa shape index (κ3) is 2.36. The van der Waals surface area contributed by atoms with E-state index in [1.807, 2.05) is 6.07 Å². The summed E-state index contributed by atoms with van der Waals surface area (Å²) in [6, 6.07) is 8.74. The first-order valence-corrected chi connectivity index (χ1v) is 6.83. The molecule has 0 saturated heterocycles. The Labute approximate surface area is 114 Å². The van der Waals surface area contributed by atoms with Crippen LogP contribution in [0.3, 0.4) is 0 Å². The van der Waals surface area contributed by atoms with Crippen molar-refractivity contribution in [2.75, 3.05) is 5.73 Å². The van der Waals surface area contributed by atoms with E-state index in [1.54, 1.807) is 24.3 Å². The van der Waals surface area contributed by atoms with E-state index in [0.29, 0.717) is 16.1 Å². The smallest absolute Gasteiger partial charge is 0.203 e. The molecule has 1 aromatic carbocycles. The molecule has 2 N–H and O–H groups in total. The van der Waals surface area contributed by atoms with Gasteiger partial charge in [0, 0.05) is 15.7 Å². The molecule has 2 rings (SSSR count). The summed E-state index contributed by atoms with van der Waals surface area (Å²) >= 11 is 8.14. The molecule has 16 heavy (non-hydrogen) atoms. The lowest BCUT2D eigenvalue weighted by Gasteiger charge is -1.98. The number of halogens is 2. The number of nitrogens with two attached hydrogens (primary N) is 1. The number of hydrogen-bond donors (Lipinski definition) is 1. The van der Waals surface area contributed by atoms with Gasteiger partial charge < -0.3 is 5.73 Å². The number of rotatable bonds is 2. The Morgan fingerprint density at radius 3 is 2.31 bits per heavy atom. The summed E-state index contributed by atoms with van der Waals surface area (Å²) in [7, 11) is 0. The van der Waals surface area contributed by atoms with Gasteiger partial charge in [0.05, 0.1) is 8.66 Å². The van der Waals surface area contributed by atoms with Gasteiger partial charge in [0.25, 0.3) is 0 Å². The molecule has 0 bridgehead atoms. The van der Waals surface area contributed by atoms with Gasteiger partial charge in [-0.15, -0.1) is 11.3 Å². The van der Waals surface area contributed by atoms with Crippen LogP contribution in [0.4, 0.5) is 5.69 Å². The zero-order valence-corrected chi connectivity index (χ0v) is 12.0. The van der Waals surface area contributed by atoms with Gasteiger partial charge in [0.1, 0.15) is 0 Å². The van der Waals surface area contributed by atoms with Crippen molar-refractivity contribution < 1.29 is 4.79 Å². The maximum absolute atomic E-state index is 12.1.